The van der Waals surface area contributed by atoms with Crippen molar-refractivity contribution in [2.75, 3.05) is 0 Å². The molecule has 1 aliphatic carbocycles. The monoisotopic (exact) mass is 410 g/mol. The molecule has 0 N–H and O–H groups in total. The summed E-state index contributed by atoms with van der Waals surface area (Å²) in [5.74, 6) is -0.147. The van der Waals surface area contributed by atoms with Gasteiger partial charge in [-0.25, -0.2) is 8.78 Å². The maximum atomic E-state index is 13.2. The third-order valence-electron chi connectivity index (χ3n) is 6.14. The molecule has 2 aromatic carbocycles. The van der Waals surface area contributed by atoms with E-state index >= 15 is 0 Å². The van der Waals surface area contributed by atoms with Crippen molar-refractivity contribution in [1.29, 1.82) is 0 Å². The second-order valence-electron chi connectivity index (χ2n) is 8.40. The average Bonchev–Trinajstić information content (AvgIpc) is 2.78. The van der Waals surface area contributed by atoms with Crippen LogP contribution in [0.4, 0.5) is 8.78 Å². The van der Waals surface area contributed by atoms with Gasteiger partial charge in [-0.1, -0.05) is 69.4 Å². The molecule has 2 nitrogen and oxygen atoms in total. The highest BCUT2D eigenvalue weighted by Gasteiger charge is 2.21. The lowest BCUT2D eigenvalue weighted by Crippen LogP contribution is -2.13. The molecule has 0 aromatic heterocycles. The lowest BCUT2D eigenvalue weighted by molar-refractivity contribution is 0.302. The van der Waals surface area contributed by atoms with Crippen molar-refractivity contribution < 1.29 is 8.78 Å². The number of unbranched alkanes of at least 4 members (excludes halogenated alkanes) is 3. The number of hydrogen-bond acceptors (Lipinski definition) is 2. The highest BCUT2D eigenvalue weighted by atomic mass is 19.2. The van der Waals surface area contributed by atoms with Crippen LogP contribution in [0.1, 0.15) is 87.3 Å². The first kappa shape index (κ1) is 22.3. The Morgan fingerprint density at radius 1 is 0.800 bits per heavy atom. The minimum Gasteiger partial charge on any atom is -0.204 e. The van der Waals surface area contributed by atoms with Gasteiger partial charge in [0.15, 0.2) is 11.6 Å². The molecule has 0 saturated heterocycles. The fourth-order valence-electron chi connectivity index (χ4n) is 4.29. The Morgan fingerprint density at radius 2 is 1.47 bits per heavy atom. The Labute approximate surface area is 179 Å². The van der Waals surface area contributed by atoms with Gasteiger partial charge < -0.3 is 0 Å². The fourth-order valence-corrected chi connectivity index (χ4v) is 4.29. The molecule has 0 spiro atoms. The lowest BCUT2D eigenvalue weighted by Gasteiger charge is -2.29. The van der Waals surface area contributed by atoms with Gasteiger partial charge in [0.25, 0.3) is 0 Å². The van der Waals surface area contributed by atoms with Crippen molar-refractivity contribution in [3.05, 3.63) is 70.8 Å². The zero-order valence-electron chi connectivity index (χ0n) is 17.9. The molecule has 2 aromatic rings. The van der Waals surface area contributed by atoms with E-state index < -0.39 is 11.6 Å². The Balaban J connectivity index is 1.45. The Kier molecular flexibility index (Phi) is 8.73. The lowest BCUT2D eigenvalue weighted by atomic mass is 9.77. The summed E-state index contributed by atoms with van der Waals surface area (Å²) in [6.07, 6.45) is 15.3. The van der Waals surface area contributed by atoms with Crippen LogP contribution < -0.4 is 0 Å². The van der Waals surface area contributed by atoms with Gasteiger partial charge in [0.1, 0.15) is 0 Å². The van der Waals surface area contributed by atoms with Gasteiger partial charge in [0.05, 0.1) is 12.4 Å². The van der Waals surface area contributed by atoms with Crippen molar-refractivity contribution >= 4 is 12.4 Å². The third-order valence-corrected chi connectivity index (χ3v) is 6.14. The van der Waals surface area contributed by atoms with E-state index in [4.69, 9.17) is 0 Å². The fraction of sp³-hybridized carbons (Fsp3) is 0.462. The van der Waals surface area contributed by atoms with Crippen molar-refractivity contribution in [3.63, 3.8) is 0 Å². The topological polar surface area (TPSA) is 24.7 Å². The smallest absolute Gasteiger partial charge is 0.159 e. The maximum absolute atomic E-state index is 13.2. The van der Waals surface area contributed by atoms with Crippen LogP contribution in [0.5, 0.6) is 0 Å². The van der Waals surface area contributed by atoms with Crippen LogP contribution in [0.2, 0.25) is 0 Å². The standard InChI is InChI=1S/C26H32F2N2/c1-2-3-4-5-6-20-7-12-23(13-8-20)24-14-9-21(10-15-24)18-29-30-19-22-11-16-25(27)26(28)17-22/h9-11,14-20,23H,2-8,12-13H2,1H3/b29-18+,30-19+. The van der Waals surface area contributed by atoms with E-state index in [9.17, 15) is 8.78 Å². The molecule has 0 aliphatic heterocycles. The van der Waals surface area contributed by atoms with E-state index in [1.807, 2.05) is 0 Å². The Bertz CT molecular complexity index is 835. The molecule has 3 rings (SSSR count). The van der Waals surface area contributed by atoms with Crippen LogP contribution in [0.25, 0.3) is 0 Å². The number of halogens is 2. The summed E-state index contributed by atoms with van der Waals surface area (Å²) in [6, 6.07) is 12.2. The summed E-state index contributed by atoms with van der Waals surface area (Å²) in [6.45, 7) is 2.27. The molecule has 4 heteroatoms. The molecule has 0 heterocycles. The molecule has 0 amide bonds. The number of nitrogens with zero attached hydrogens (tertiary/aromatic N) is 2. The quantitative estimate of drug-likeness (QED) is 0.230. The molecular formula is C26H32F2N2. The van der Waals surface area contributed by atoms with E-state index in [1.54, 1.807) is 6.21 Å². The van der Waals surface area contributed by atoms with Crippen molar-refractivity contribution in [1.82, 2.24) is 0 Å². The molecule has 1 fully saturated rings. The molecule has 160 valence electrons. The van der Waals surface area contributed by atoms with Crippen LogP contribution in [0, 0.1) is 17.6 Å². The van der Waals surface area contributed by atoms with Crippen molar-refractivity contribution in [2.24, 2.45) is 16.1 Å². The Morgan fingerprint density at radius 3 is 2.13 bits per heavy atom. The van der Waals surface area contributed by atoms with Gasteiger partial charge in [-0.05, 0) is 66.3 Å². The average molecular weight is 411 g/mol. The molecule has 0 bridgehead atoms. The molecule has 1 saturated carbocycles. The van der Waals surface area contributed by atoms with Gasteiger partial charge in [-0.15, -0.1) is 0 Å². The van der Waals surface area contributed by atoms with E-state index in [1.165, 1.54) is 75.6 Å². The van der Waals surface area contributed by atoms with Crippen LogP contribution in [-0.4, -0.2) is 12.4 Å². The van der Waals surface area contributed by atoms with Crippen LogP contribution in [-0.2, 0) is 0 Å². The minimum atomic E-state index is -0.885. The van der Waals surface area contributed by atoms with Crippen LogP contribution in [0.3, 0.4) is 0 Å². The first-order chi connectivity index (χ1) is 14.7. The first-order valence-corrected chi connectivity index (χ1v) is 11.3. The van der Waals surface area contributed by atoms with Gasteiger partial charge in [-0.3, -0.25) is 0 Å². The summed E-state index contributed by atoms with van der Waals surface area (Å²) in [7, 11) is 0. The second-order valence-corrected chi connectivity index (χ2v) is 8.40. The zero-order chi connectivity index (χ0) is 21.2. The van der Waals surface area contributed by atoms with E-state index in [-0.39, 0.29) is 0 Å². The van der Waals surface area contributed by atoms with Gasteiger partial charge in [-0.2, -0.15) is 10.2 Å². The maximum Gasteiger partial charge on any atom is 0.159 e. The molecule has 30 heavy (non-hydrogen) atoms. The summed E-state index contributed by atoms with van der Waals surface area (Å²) >= 11 is 0. The normalized spacial score (nSPS) is 19.7. The molecule has 0 atom stereocenters. The largest absolute Gasteiger partial charge is 0.204 e. The molecule has 1 aliphatic rings. The second kappa shape index (κ2) is 11.7. The van der Waals surface area contributed by atoms with Crippen molar-refractivity contribution in [3.8, 4) is 0 Å². The summed E-state index contributed by atoms with van der Waals surface area (Å²) in [5, 5.41) is 7.93. The van der Waals surface area contributed by atoms with E-state index in [2.05, 4.69) is 41.4 Å². The van der Waals surface area contributed by atoms with Crippen molar-refractivity contribution in [2.45, 2.75) is 70.6 Å². The van der Waals surface area contributed by atoms with E-state index in [0.29, 0.717) is 11.5 Å². The third kappa shape index (κ3) is 6.86. The van der Waals surface area contributed by atoms with E-state index in [0.717, 1.165) is 23.6 Å². The Hall–Kier alpha value is -2.36. The summed E-state index contributed by atoms with van der Waals surface area (Å²) in [5.41, 5.74) is 2.87. The summed E-state index contributed by atoms with van der Waals surface area (Å²) in [4.78, 5) is 0. The van der Waals surface area contributed by atoms with Gasteiger partial charge >= 0.3 is 0 Å². The minimum absolute atomic E-state index is 0.474. The molecule has 0 radical (unpaired) electrons. The molecular weight excluding hydrogens is 378 g/mol. The number of benzene rings is 2. The zero-order valence-corrected chi connectivity index (χ0v) is 17.9. The predicted octanol–water partition coefficient (Wildman–Crippen LogP) is 7.66. The van der Waals surface area contributed by atoms with Crippen LogP contribution in [0.15, 0.2) is 52.7 Å². The number of hydrogen-bond donors (Lipinski definition) is 0. The predicted molar refractivity (Wildman–Crippen MR) is 121 cm³/mol. The SMILES string of the molecule is CCCCCCC1CCC(c2ccc(/C=N/N=C/c3ccc(F)c(F)c3)cc2)CC1. The molecule has 0 unspecified atom stereocenters. The highest BCUT2D eigenvalue weighted by molar-refractivity contribution is 5.82. The first-order valence-electron chi connectivity index (χ1n) is 11.3. The highest BCUT2D eigenvalue weighted by Crippen LogP contribution is 2.37. The number of rotatable bonds is 9. The van der Waals surface area contributed by atoms with Gasteiger partial charge in [0.2, 0.25) is 0 Å². The van der Waals surface area contributed by atoms with Gasteiger partial charge in [0, 0.05) is 0 Å². The summed E-state index contributed by atoms with van der Waals surface area (Å²) < 4.78 is 26.1. The van der Waals surface area contributed by atoms with Crippen LogP contribution >= 0.6 is 0 Å².